The lowest BCUT2D eigenvalue weighted by Gasteiger charge is -2.41. The molecule has 1 heterocycles. The summed E-state index contributed by atoms with van der Waals surface area (Å²) in [5.74, 6) is 0.860. The molecule has 0 amide bonds. The van der Waals surface area contributed by atoms with Crippen molar-refractivity contribution in [2.24, 2.45) is 5.73 Å². The van der Waals surface area contributed by atoms with Crippen LogP contribution >= 0.6 is 0 Å². The molecule has 4 heteroatoms. The third kappa shape index (κ3) is 3.51. The van der Waals surface area contributed by atoms with Gasteiger partial charge in [-0.1, -0.05) is 12.1 Å². The molecule has 1 fully saturated rings. The lowest BCUT2D eigenvalue weighted by Crippen LogP contribution is -2.48. The Morgan fingerprint density at radius 3 is 2.25 bits per heavy atom. The van der Waals surface area contributed by atoms with Crippen LogP contribution in [-0.4, -0.2) is 41.8 Å². The first-order valence-electron chi connectivity index (χ1n) is 7.29. The van der Waals surface area contributed by atoms with E-state index in [2.05, 4.69) is 17.0 Å². The Balaban J connectivity index is 2.14. The van der Waals surface area contributed by atoms with Crippen LogP contribution in [0, 0.1) is 0 Å². The molecule has 0 spiro atoms. The van der Waals surface area contributed by atoms with E-state index in [-0.39, 0.29) is 12.1 Å². The molecule has 1 saturated heterocycles. The molecule has 1 aliphatic rings. The first-order chi connectivity index (χ1) is 9.43. The minimum atomic E-state index is -0.529. The zero-order chi connectivity index (χ0) is 14.8. The van der Waals surface area contributed by atoms with Crippen molar-refractivity contribution in [1.29, 1.82) is 0 Å². The van der Waals surface area contributed by atoms with Crippen LogP contribution in [0.5, 0.6) is 5.75 Å². The van der Waals surface area contributed by atoms with E-state index in [9.17, 15) is 5.11 Å². The van der Waals surface area contributed by atoms with Crippen molar-refractivity contribution in [3.05, 3.63) is 29.8 Å². The van der Waals surface area contributed by atoms with Gasteiger partial charge in [-0.25, -0.2) is 0 Å². The van der Waals surface area contributed by atoms with E-state index in [1.807, 2.05) is 26.0 Å². The number of benzene rings is 1. The second-order valence-corrected chi connectivity index (χ2v) is 6.11. The van der Waals surface area contributed by atoms with Crippen molar-refractivity contribution in [2.75, 3.05) is 20.2 Å². The molecule has 112 valence electrons. The Labute approximate surface area is 121 Å². The summed E-state index contributed by atoms with van der Waals surface area (Å²) in [4.78, 5) is 2.38. The van der Waals surface area contributed by atoms with Crippen LogP contribution in [-0.2, 0) is 0 Å². The Kier molecular flexibility index (Phi) is 4.68. The van der Waals surface area contributed by atoms with Gasteiger partial charge in [0, 0.05) is 25.2 Å². The quantitative estimate of drug-likeness (QED) is 0.883. The van der Waals surface area contributed by atoms with Crippen molar-refractivity contribution in [2.45, 2.75) is 44.4 Å². The fourth-order valence-corrected chi connectivity index (χ4v) is 2.93. The Bertz CT molecular complexity index is 419. The maximum absolute atomic E-state index is 10.1. The largest absolute Gasteiger partial charge is 0.497 e. The van der Waals surface area contributed by atoms with Gasteiger partial charge in [0.2, 0.25) is 0 Å². The van der Waals surface area contributed by atoms with E-state index >= 15 is 0 Å². The van der Waals surface area contributed by atoms with Gasteiger partial charge in [-0.2, -0.15) is 0 Å². The lowest BCUT2D eigenvalue weighted by atomic mass is 9.90. The molecule has 0 radical (unpaired) electrons. The van der Waals surface area contributed by atoms with Gasteiger partial charge in [0.25, 0.3) is 0 Å². The zero-order valence-corrected chi connectivity index (χ0v) is 12.7. The van der Waals surface area contributed by atoms with Gasteiger partial charge >= 0.3 is 0 Å². The van der Waals surface area contributed by atoms with Crippen LogP contribution < -0.4 is 10.5 Å². The van der Waals surface area contributed by atoms with E-state index in [4.69, 9.17) is 10.5 Å². The van der Waals surface area contributed by atoms with Crippen molar-refractivity contribution < 1.29 is 9.84 Å². The van der Waals surface area contributed by atoms with Gasteiger partial charge in [0.15, 0.2) is 0 Å². The molecule has 20 heavy (non-hydrogen) atoms. The number of aliphatic hydroxyl groups is 1. The molecule has 0 aliphatic carbocycles. The van der Waals surface area contributed by atoms with Gasteiger partial charge in [-0.15, -0.1) is 0 Å². The summed E-state index contributed by atoms with van der Waals surface area (Å²) in [5, 5.41) is 10.1. The highest BCUT2D eigenvalue weighted by molar-refractivity contribution is 5.30. The molecular weight excluding hydrogens is 252 g/mol. The number of ether oxygens (including phenoxy) is 1. The zero-order valence-electron chi connectivity index (χ0n) is 12.7. The molecule has 2 unspecified atom stereocenters. The molecule has 1 aliphatic heterocycles. The fraction of sp³-hybridized carbons (Fsp3) is 0.625. The molecule has 1 aromatic rings. The van der Waals surface area contributed by atoms with E-state index in [1.54, 1.807) is 7.11 Å². The van der Waals surface area contributed by atoms with Crippen LogP contribution in [0.25, 0.3) is 0 Å². The van der Waals surface area contributed by atoms with Crippen LogP contribution in [0.4, 0.5) is 0 Å². The summed E-state index contributed by atoms with van der Waals surface area (Å²) in [7, 11) is 1.67. The minimum Gasteiger partial charge on any atom is -0.497 e. The highest BCUT2D eigenvalue weighted by Crippen LogP contribution is 2.31. The highest BCUT2D eigenvalue weighted by atomic mass is 16.5. The monoisotopic (exact) mass is 278 g/mol. The number of hydrogen-bond acceptors (Lipinski definition) is 4. The number of nitrogens with two attached hydrogens (primary N) is 1. The second kappa shape index (κ2) is 6.12. The number of piperidine rings is 1. The lowest BCUT2D eigenvalue weighted by molar-refractivity contribution is -0.0194. The maximum Gasteiger partial charge on any atom is 0.118 e. The average Bonchev–Trinajstić information content (AvgIpc) is 2.41. The molecule has 4 nitrogen and oxygen atoms in total. The van der Waals surface area contributed by atoms with Crippen molar-refractivity contribution >= 4 is 0 Å². The number of nitrogens with zero attached hydrogens (tertiary/aromatic N) is 1. The summed E-state index contributed by atoms with van der Waals surface area (Å²) in [6.07, 6.45) is 1.60. The SMILES string of the molecule is COc1ccc(C(C(C)N)N2CCC(C)(O)CC2)cc1. The first kappa shape index (κ1) is 15.3. The van der Waals surface area contributed by atoms with E-state index in [0.29, 0.717) is 0 Å². The van der Waals surface area contributed by atoms with Crippen LogP contribution in [0.2, 0.25) is 0 Å². The van der Waals surface area contributed by atoms with Crippen LogP contribution in [0.15, 0.2) is 24.3 Å². The fourth-order valence-electron chi connectivity index (χ4n) is 2.93. The number of likely N-dealkylation sites (tertiary alicyclic amines) is 1. The molecule has 1 aromatic carbocycles. The smallest absolute Gasteiger partial charge is 0.118 e. The maximum atomic E-state index is 10.1. The molecule has 0 aromatic heterocycles. The summed E-state index contributed by atoms with van der Waals surface area (Å²) in [6.45, 7) is 5.72. The molecule has 2 rings (SSSR count). The first-order valence-corrected chi connectivity index (χ1v) is 7.29. The van der Waals surface area contributed by atoms with E-state index in [0.717, 1.165) is 31.7 Å². The molecule has 2 atom stereocenters. The molecule has 0 saturated carbocycles. The predicted octanol–water partition coefficient (Wildman–Crippen LogP) is 1.93. The minimum absolute atomic E-state index is 0.0476. The Hall–Kier alpha value is -1.10. The third-order valence-electron chi connectivity index (χ3n) is 4.22. The van der Waals surface area contributed by atoms with Gasteiger partial charge < -0.3 is 15.6 Å². The summed E-state index contributed by atoms with van der Waals surface area (Å²) in [5.41, 5.74) is 6.88. The number of rotatable bonds is 4. The molecular formula is C16H26N2O2. The van der Waals surface area contributed by atoms with E-state index in [1.165, 1.54) is 5.56 Å². The molecule has 0 bridgehead atoms. The Morgan fingerprint density at radius 1 is 1.25 bits per heavy atom. The van der Waals surface area contributed by atoms with Gasteiger partial charge in [-0.3, -0.25) is 4.90 Å². The topological polar surface area (TPSA) is 58.7 Å². The Morgan fingerprint density at radius 2 is 1.80 bits per heavy atom. The number of hydrogen-bond donors (Lipinski definition) is 2. The summed E-state index contributed by atoms with van der Waals surface area (Å²) < 4.78 is 5.20. The second-order valence-electron chi connectivity index (χ2n) is 6.11. The average molecular weight is 278 g/mol. The van der Waals surface area contributed by atoms with Gasteiger partial charge in [0.05, 0.1) is 12.7 Å². The van der Waals surface area contributed by atoms with Crippen molar-refractivity contribution in [3.8, 4) is 5.75 Å². The van der Waals surface area contributed by atoms with Crippen LogP contribution in [0.3, 0.4) is 0 Å². The van der Waals surface area contributed by atoms with Crippen molar-refractivity contribution in [3.63, 3.8) is 0 Å². The molecule has 3 N–H and O–H groups in total. The van der Waals surface area contributed by atoms with Crippen molar-refractivity contribution in [1.82, 2.24) is 4.90 Å². The van der Waals surface area contributed by atoms with E-state index < -0.39 is 5.60 Å². The highest BCUT2D eigenvalue weighted by Gasteiger charge is 2.32. The normalized spacial score (nSPS) is 22.2. The predicted molar refractivity (Wildman–Crippen MR) is 80.8 cm³/mol. The summed E-state index contributed by atoms with van der Waals surface area (Å²) >= 11 is 0. The number of methoxy groups -OCH3 is 1. The summed E-state index contributed by atoms with van der Waals surface area (Å²) in [6, 6.07) is 8.36. The van der Waals surface area contributed by atoms with Crippen LogP contribution in [0.1, 0.15) is 38.3 Å². The van der Waals surface area contributed by atoms with Gasteiger partial charge in [0.1, 0.15) is 5.75 Å². The standard InChI is InChI=1S/C16H26N2O2/c1-12(17)15(13-4-6-14(20-3)7-5-13)18-10-8-16(2,19)9-11-18/h4-7,12,15,19H,8-11,17H2,1-3H3. The van der Waals surface area contributed by atoms with Gasteiger partial charge in [-0.05, 0) is 44.4 Å². The third-order valence-corrected chi connectivity index (χ3v) is 4.22.